The van der Waals surface area contributed by atoms with Crippen LogP contribution < -0.4 is 5.32 Å². The molecule has 1 aromatic rings. The van der Waals surface area contributed by atoms with Crippen LogP contribution in [-0.4, -0.2) is 34.8 Å². The van der Waals surface area contributed by atoms with Gasteiger partial charge in [-0.25, -0.2) is 4.98 Å². The van der Waals surface area contributed by atoms with Crippen LogP contribution >= 0.6 is 0 Å². The molecule has 1 aromatic heterocycles. The number of rotatable bonds is 3. The maximum Gasteiger partial charge on any atom is 0.246 e. The number of fused-ring (bicyclic) bond motifs is 5. The second-order valence-corrected chi connectivity index (χ2v) is 11.9. The van der Waals surface area contributed by atoms with Gasteiger partial charge in [-0.1, -0.05) is 19.9 Å². The van der Waals surface area contributed by atoms with E-state index in [-0.39, 0.29) is 22.6 Å². The number of pyridine rings is 1. The van der Waals surface area contributed by atoms with E-state index in [1.807, 2.05) is 44.0 Å². The lowest BCUT2D eigenvalue weighted by molar-refractivity contribution is -0.139. The summed E-state index contributed by atoms with van der Waals surface area (Å²) in [5.74, 6) is 3.39. The maximum atomic E-state index is 13.0. The molecule has 0 bridgehead atoms. The fourth-order valence-corrected chi connectivity index (χ4v) is 8.51. The van der Waals surface area contributed by atoms with Crippen molar-refractivity contribution in [1.29, 1.82) is 0 Å². The van der Waals surface area contributed by atoms with Crippen molar-refractivity contribution < 1.29 is 9.59 Å². The van der Waals surface area contributed by atoms with Gasteiger partial charge >= 0.3 is 0 Å². The highest BCUT2D eigenvalue weighted by atomic mass is 16.2. The zero-order chi connectivity index (χ0) is 23.5. The third kappa shape index (κ3) is 3.63. The molecule has 0 spiro atoms. The van der Waals surface area contributed by atoms with Gasteiger partial charge in [0.2, 0.25) is 11.8 Å². The van der Waals surface area contributed by atoms with E-state index in [2.05, 4.69) is 30.2 Å². The quantitative estimate of drug-likeness (QED) is 0.683. The highest BCUT2D eigenvalue weighted by Crippen LogP contribution is 2.65. The molecule has 3 saturated carbocycles. The normalized spacial score (nSPS) is 39.6. The molecule has 4 aliphatic rings. The van der Waals surface area contributed by atoms with Crippen molar-refractivity contribution in [2.24, 2.45) is 34.5 Å². The minimum Gasteiger partial charge on any atom is -0.338 e. The number of carbonyl (C=O) groups is 2. The number of likely N-dealkylation sites (N-methyl/N-ethyl adjacent to an activating group) is 1. The Morgan fingerprint density at radius 2 is 1.91 bits per heavy atom. The van der Waals surface area contributed by atoms with E-state index in [1.165, 1.54) is 25.7 Å². The summed E-state index contributed by atoms with van der Waals surface area (Å²) in [5.41, 5.74) is 2.37. The molecule has 0 radical (unpaired) electrons. The Hall–Kier alpha value is -2.17. The summed E-state index contributed by atoms with van der Waals surface area (Å²) in [7, 11) is 1.98. The summed E-state index contributed by atoms with van der Waals surface area (Å²) in [6.07, 6.45) is 11.7. The van der Waals surface area contributed by atoms with Gasteiger partial charge in [0.05, 0.1) is 0 Å². The maximum absolute atomic E-state index is 13.0. The first-order valence-corrected chi connectivity index (χ1v) is 12.8. The van der Waals surface area contributed by atoms with E-state index in [0.717, 1.165) is 24.1 Å². The third-order valence-corrected chi connectivity index (χ3v) is 10.1. The molecular weight excluding hydrogens is 410 g/mol. The molecule has 1 N–H and O–H groups in total. The van der Waals surface area contributed by atoms with Crippen LogP contribution in [0.25, 0.3) is 0 Å². The lowest BCUT2D eigenvalue weighted by Crippen LogP contribution is -2.59. The average molecular weight is 450 g/mol. The van der Waals surface area contributed by atoms with Crippen molar-refractivity contribution in [2.75, 3.05) is 12.4 Å². The van der Waals surface area contributed by atoms with Crippen LogP contribution in [0.4, 0.5) is 5.82 Å². The van der Waals surface area contributed by atoms with Gasteiger partial charge in [-0.15, -0.1) is 0 Å². The molecule has 2 heterocycles. The Labute approximate surface area is 198 Å². The first-order valence-electron chi connectivity index (χ1n) is 12.8. The minimum absolute atomic E-state index is 0.0804. The van der Waals surface area contributed by atoms with Crippen molar-refractivity contribution in [1.82, 2.24) is 9.88 Å². The van der Waals surface area contributed by atoms with Gasteiger partial charge in [0.25, 0.3) is 0 Å². The molecule has 178 valence electrons. The Morgan fingerprint density at radius 3 is 2.67 bits per heavy atom. The SMILES string of the molecule is Cc1cc(C)nc(NC(=O)C[C@H]2CC[C@H]3[C@@H]4CC[C@H]5N(C)C(=O)C=C[C@]5(C)[C@H]4CC[C@]23C)c1. The first-order chi connectivity index (χ1) is 15.6. The molecule has 0 unspecified atom stereocenters. The predicted octanol–water partition coefficient (Wildman–Crippen LogP) is 5.28. The van der Waals surface area contributed by atoms with Gasteiger partial charge in [0.1, 0.15) is 5.82 Å². The molecular formula is C28H39N3O2. The summed E-state index contributed by atoms with van der Waals surface area (Å²) < 4.78 is 0. The largest absolute Gasteiger partial charge is 0.338 e. The number of nitrogens with zero attached hydrogens (tertiary/aromatic N) is 2. The standard InChI is InChI=1S/C28H39N3O2/c1-17-14-18(2)29-24(15-17)30-25(32)16-19-6-8-21-20-7-9-23-28(4,13-11-26(33)31(23)5)22(20)10-12-27(19,21)3/h11,13-15,19-23H,6-10,12,16H2,1-5H3,(H,29,30,32)/t19-,20+,21+,22+,23-,27-,28-/m1/s1. The fraction of sp³-hybridized carbons (Fsp3) is 0.679. The van der Waals surface area contributed by atoms with E-state index < -0.39 is 0 Å². The summed E-state index contributed by atoms with van der Waals surface area (Å²) >= 11 is 0. The van der Waals surface area contributed by atoms with E-state index in [1.54, 1.807) is 0 Å². The van der Waals surface area contributed by atoms with Gasteiger partial charge in [0, 0.05) is 30.6 Å². The van der Waals surface area contributed by atoms with Gasteiger partial charge in [-0.3, -0.25) is 9.59 Å². The molecule has 7 atom stereocenters. The number of aryl methyl sites for hydroxylation is 2. The molecule has 0 aromatic carbocycles. The van der Waals surface area contributed by atoms with Crippen LogP contribution in [-0.2, 0) is 9.59 Å². The second kappa shape index (κ2) is 7.95. The highest BCUT2D eigenvalue weighted by Gasteiger charge is 2.60. The van der Waals surface area contributed by atoms with Gasteiger partial charge in [-0.05, 0) is 105 Å². The molecule has 3 aliphatic carbocycles. The average Bonchev–Trinajstić information content (AvgIpc) is 3.06. The lowest BCUT2D eigenvalue weighted by Gasteiger charge is -2.60. The van der Waals surface area contributed by atoms with Crippen LogP contribution in [0.1, 0.15) is 70.1 Å². The van der Waals surface area contributed by atoms with Crippen LogP contribution in [0, 0.1) is 48.3 Å². The number of aromatic nitrogens is 1. The van der Waals surface area contributed by atoms with E-state index >= 15 is 0 Å². The van der Waals surface area contributed by atoms with E-state index in [0.29, 0.717) is 42.0 Å². The summed E-state index contributed by atoms with van der Waals surface area (Å²) in [6, 6.07) is 4.31. The number of carbonyl (C=O) groups excluding carboxylic acids is 2. The van der Waals surface area contributed by atoms with E-state index in [9.17, 15) is 9.59 Å². The number of amides is 2. The Balaban J connectivity index is 1.31. The zero-order valence-electron chi connectivity index (χ0n) is 20.9. The topological polar surface area (TPSA) is 62.3 Å². The van der Waals surface area contributed by atoms with Crippen LogP contribution in [0.15, 0.2) is 24.3 Å². The van der Waals surface area contributed by atoms with Crippen molar-refractivity contribution in [3.63, 3.8) is 0 Å². The predicted molar refractivity (Wildman–Crippen MR) is 131 cm³/mol. The van der Waals surface area contributed by atoms with Crippen LogP contribution in [0.5, 0.6) is 0 Å². The van der Waals surface area contributed by atoms with Crippen molar-refractivity contribution in [3.8, 4) is 0 Å². The molecule has 3 fully saturated rings. The molecule has 2 amide bonds. The van der Waals surface area contributed by atoms with Crippen molar-refractivity contribution in [3.05, 3.63) is 35.5 Å². The van der Waals surface area contributed by atoms with E-state index in [4.69, 9.17) is 0 Å². The zero-order valence-corrected chi connectivity index (χ0v) is 20.9. The summed E-state index contributed by atoms with van der Waals surface area (Å²) in [4.78, 5) is 31.8. The Kier molecular flexibility index (Phi) is 5.45. The third-order valence-electron chi connectivity index (χ3n) is 10.1. The van der Waals surface area contributed by atoms with Gasteiger partial charge in [-0.2, -0.15) is 0 Å². The van der Waals surface area contributed by atoms with Gasteiger partial charge < -0.3 is 10.2 Å². The highest BCUT2D eigenvalue weighted by molar-refractivity contribution is 5.90. The molecule has 1 aliphatic heterocycles. The van der Waals surface area contributed by atoms with Crippen molar-refractivity contribution >= 4 is 17.6 Å². The number of hydrogen-bond donors (Lipinski definition) is 1. The fourth-order valence-electron chi connectivity index (χ4n) is 8.51. The summed E-state index contributed by atoms with van der Waals surface area (Å²) in [5, 5.41) is 3.08. The lowest BCUT2D eigenvalue weighted by atomic mass is 9.47. The molecule has 33 heavy (non-hydrogen) atoms. The second-order valence-electron chi connectivity index (χ2n) is 11.9. The number of anilines is 1. The number of hydrogen-bond acceptors (Lipinski definition) is 3. The number of nitrogens with one attached hydrogen (secondary N) is 1. The minimum atomic E-state index is 0.0804. The Morgan fingerprint density at radius 1 is 1.12 bits per heavy atom. The molecule has 5 heteroatoms. The molecule has 0 saturated heterocycles. The smallest absolute Gasteiger partial charge is 0.246 e. The van der Waals surface area contributed by atoms with Crippen LogP contribution in [0.3, 0.4) is 0 Å². The Bertz CT molecular complexity index is 983. The van der Waals surface area contributed by atoms with Crippen molar-refractivity contribution in [2.45, 2.75) is 78.7 Å². The van der Waals surface area contributed by atoms with Gasteiger partial charge in [0.15, 0.2) is 0 Å². The first kappa shape index (κ1) is 22.6. The van der Waals surface area contributed by atoms with Crippen LogP contribution in [0.2, 0.25) is 0 Å². The molecule has 5 rings (SSSR count). The summed E-state index contributed by atoms with van der Waals surface area (Å²) in [6.45, 7) is 8.87. The molecule has 5 nitrogen and oxygen atoms in total. The monoisotopic (exact) mass is 449 g/mol.